The molecule has 0 unspecified atom stereocenters. The normalized spacial score (nSPS) is 10.9. The Labute approximate surface area is 125 Å². The number of hydrogen-bond acceptors (Lipinski definition) is 4. The molecule has 102 valence electrons. The Morgan fingerprint density at radius 1 is 0.952 bits per heavy atom. The maximum absolute atomic E-state index is 4.73. The van der Waals surface area contributed by atoms with E-state index in [-0.39, 0.29) is 0 Å². The molecule has 2 aromatic carbocycles. The van der Waals surface area contributed by atoms with Crippen molar-refractivity contribution in [3.8, 4) is 10.6 Å². The second-order valence-corrected chi connectivity index (χ2v) is 5.66. The fourth-order valence-corrected chi connectivity index (χ4v) is 3.24. The molecule has 2 N–H and O–H groups in total. The van der Waals surface area contributed by atoms with Gasteiger partial charge in [-0.05, 0) is 24.3 Å². The molecule has 0 radical (unpaired) electrons. The Hall–Kier alpha value is -2.66. The summed E-state index contributed by atoms with van der Waals surface area (Å²) in [5.41, 5.74) is 3.14. The minimum absolute atomic E-state index is 0.864. The molecule has 0 aliphatic heterocycles. The Morgan fingerprint density at radius 3 is 2.67 bits per heavy atom. The van der Waals surface area contributed by atoms with Gasteiger partial charge in [-0.25, -0.2) is 4.98 Å². The van der Waals surface area contributed by atoms with Gasteiger partial charge in [-0.2, -0.15) is 5.10 Å². The van der Waals surface area contributed by atoms with Crippen LogP contribution in [0.25, 0.3) is 20.8 Å². The fraction of sp³-hybridized carbons (Fsp3) is 0. The number of para-hydroxylation sites is 2. The van der Waals surface area contributed by atoms with E-state index in [1.54, 1.807) is 17.5 Å². The fourth-order valence-electron chi connectivity index (χ4n) is 2.24. The van der Waals surface area contributed by atoms with Crippen molar-refractivity contribution < 1.29 is 0 Å². The second-order valence-electron chi connectivity index (χ2n) is 4.63. The van der Waals surface area contributed by atoms with Gasteiger partial charge in [0.2, 0.25) is 0 Å². The number of aromatic amines is 1. The number of rotatable bonds is 3. The van der Waals surface area contributed by atoms with Gasteiger partial charge in [0.05, 0.1) is 16.4 Å². The maximum Gasteiger partial charge on any atom is 0.126 e. The van der Waals surface area contributed by atoms with Crippen LogP contribution in [-0.2, 0) is 0 Å². The molecule has 4 nitrogen and oxygen atoms in total. The van der Waals surface area contributed by atoms with Gasteiger partial charge in [-0.3, -0.25) is 5.10 Å². The van der Waals surface area contributed by atoms with Gasteiger partial charge < -0.3 is 5.32 Å². The first-order chi connectivity index (χ1) is 10.4. The third-order valence-electron chi connectivity index (χ3n) is 3.22. The summed E-state index contributed by atoms with van der Waals surface area (Å²) in [7, 11) is 0. The number of fused-ring (bicyclic) bond motifs is 1. The lowest BCUT2D eigenvalue weighted by molar-refractivity contribution is 1.09. The predicted octanol–water partition coefficient (Wildman–Crippen LogP) is 4.43. The van der Waals surface area contributed by atoms with Crippen molar-refractivity contribution in [1.29, 1.82) is 0 Å². The summed E-state index contributed by atoms with van der Waals surface area (Å²) in [5.74, 6) is 0.864. The van der Waals surface area contributed by atoms with Crippen molar-refractivity contribution >= 4 is 33.1 Å². The van der Waals surface area contributed by atoms with E-state index < -0.39 is 0 Å². The number of benzene rings is 2. The van der Waals surface area contributed by atoms with Crippen LogP contribution in [0.5, 0.6) is 0 Å². The summed E-state index contributed by atoms with van der Waals surface area (Å²) in [4.78, 5) is 4.73. The molecular weight excluding hydrogens is 280 g/mol. The van der Waals surface area contributed by atoms with Crippen molar-refractivity contribution in [3.63, 3.8) is 0 Å². The van der Waals surface area contributed by atoms with Gasteiger partial charge in [0.1, 0.15) is 10.8 Å². The largest absolute Gasteiger partial charge is 0.340 e. The third kappa shape index (κ3) is 2.28. The minimum atomic E-state index is 0.864. The highest BCUT2D eigenvalue weighted by Gasteiger charge is 2.10. The van der Waals surface area contributed by atoms with E-state index >= 15 is 0 Å². The van der Waals surface area contributed by atoms with Gasteiger partial charge in [0, 0.05) is 17.3 Å². The lowest BCUT2D eigenvalue weighted by atomic mass is 10.2. The molecule has 0 amide bonds. The Morgan fingerprint density at radius 2 is 1.81 bits per heavy atom. The average molecular weight is 292 g/mol. The van der Waals surface area contributed by atoms with Crippen LogP contribution in [0.1, 0.15) is 0 Å². The van der Waals surface area contributed by atoms with E-state index in [2.05, 4.69) is 27.6 Å². The van der Waals surface area contributed by atoms with E-state index in [4.69, 9.17) is 4.98 Å². The number of anilines is 2. The SMILES string of the molecule is c1ccc(-c2nc3ccccc3s2)c(Nc2ccn[nH]2)c1. The number of H-pyrrole nitrogens is 1. The van der Waals surface area contributed by atoms with Crippen LogP contribution in [0.15, 0.2) is 60.8 Å². The van der Waals surface area contributed by atoms with Crippen molar-refractivity contribution in [2.24, 2.45) is 0 Å². The van der Waals surface area contributed by atoms with Crippen LogP contribution < -0.4 is 5.32 Å². The van der Waals surface area contributed by atoms with Crippen molar-refractivity contribution in [2.45, 2.75) is 0 Å². The van der Waals surface area contributed by atoms with E-state index in [0.717, 1.165) is 27.6 Å². The van der Waals surface area contributed by atoms with Gasteiger partial charge in [-0.1, -0.05) is 24.3 Å². The number of aromatic nitrogens is 3. The molecule has 0 aliphatic carbocycles. The molecule has 21 heavy (non-hydrogen) atoms. The number of nitrogens with one attached hydrogen (secondary N) is 2. The van der Waals surface area contributed by atoms with Crippen LogP contribution in [0, 0.1) is 0 Å². The molecule has 2 aromatic heterocycles. The average Bonchev–Trinajstić information content (AvgIpc) is 3.16. The van der Waals surface area contributed by atoms with Crippen LogP contribution in [0.4, 0.5) is 11.5 Å². The highest BCUT2D eigenvalue weighted by molar-refractivity contribution is 7.21. The molecule has 4 aromatic rings. The number of hydrogen-bond donors (Lipinski definition) is 2. The highest BCUT2D eigenvalue weighted by atomic mass is 32.1. The highest BCUT2D eigenvalue weighted by Crippen LogP contribution is 2.35. The quantitative estimate of drug-likeness (QED) is 0.587. The summed E-state index contributed by atoms with van der Waals surface area (Å²) < 4.78 is 1.20. The number of thiazole rings is 1. The first kappa shape index (κ1) is 12.1. The molecule has 0 saturated carbocycles. The van der Waals surface area contributed by atoms with E-state index in [0.29, 0.717) is 0 Å². The zero-order valence-corrected chi connectivity index (χ0v) is 11.9. The molecule has 0 saturated heterocycles. The lowest BCUT2D eigenvalue weighted by Crippen LogP contribution is -1.93. The second kappa shape index (κ2) is 5.03. The topological polar surface area (TPSA) is 53.6 Å². The van der Waals surface area contributed by atoms with Crippen LogP contribution in [0.3, 0.4) is 0 Å². The monoisotopic (exact) mass is 292 g/mol. The smallest absolute Gasteiger partial charge is 0.126 e. The molecular formula is C16H12N4S. The predicted molar refractivity (Wildman–Crippen MR) is 86.9 cm³/mol. The Kier molecular flexibility index (Phi) is 2.90. The Balaban J connectivity index is 1.80. The van der Waals surface area contributed by atoms with Gasteiger partial charge >= 0.3 is 0 Å². The maximum atomic E-state index is 4.73. The van der Waals surface area contributed by atoms with Gasteiger partial charge in [0.25, 0.3) is 0 Å². The summed E-state index contributed by atoms with van der Waals surface area (Å²) in [6.07, 6.45) is 1.72. The number of nitrogens with zero attached hydrogens (tertiary/aromatic N) is 2. The minimum Gasteiger partial charge on any atom is -0.340 e. The van der Waals surface area contributed by atoms with Gasteiger partial charge in [-0.15, -0.1) is 11.3 Å². The first-order valence-corrected chi connectivity index (χ1v) is 7.43. The molecule has 0 spiro atoms. The first-order valence-electron chi connectivity index (χ1n) is 6.61. The Bertz CT molecular complexity index is 847. The van der Waals surface area contributed by atoms with E-state index in [1.807, 2.05) is 42.5 Å². The standard InChI is InChI=1S/C16H12N4S/c1-2-6-12(18-15-9-10-17-20-15)11(5-1)16-19-13-7-3-4-8-14(13)21-16/h1-10H,(H2,17,18,20). The molecule has 0 aliphatic rings. The molecule has 5 heteroatoms. The summed E-state index contributed by atoms with van der Waals surface area (Å²) >= 11 is 1.70. The molecule has 2 heterocycles. The van der Waals surface area contributed by atoms with Crippen molar-refractivity contribution in [3.05, 3.63) is 60.8 Å². The summed E-state index contributed by atoms with van der Waals surface area (Å²) in [6, 6.07) is 18.3. The summed E-state index contributed by atoms with van der Waals surface area (Å²) in [6.45, 7) is 0. The lowest BCUT2D eigenvalue weighted by Gasteiger charge is -2.08. The molecule has 0 fully saturated rings. The molecule has 4 rings (SSSR count). The van der Waals surface area contributed by atoms with Crippen LogP contribution in [-0.4, -0.2) is 15.2 Å². The van der Waals surface area contributed by atoms with Crippen molar-refractivity contribution in [2.75, 3.05) is 5.32 Å². The van der Waals surface area contributed by atoms with E-state index in [1.165, 1.54) is 4.70 Å². The van der Waals surface area contributed by atoms with Crippen molar-refractivity contribution in [1.82, 2.24) is 15.2 Å². The molecule has 0 atom stereocenters. The van der Waals surface area contributed by atoms with Crippen LogP contribution >= 0.6 is 11.3 Å². The van der Waals surface area contributed by atoms with Gasteiger partial charge in [0.15, 0.2) is 0 Å². The zero-order valence-electron chi connectivity index (χ0n) is 11.1. The zero-order chi connectivity index (χ0) is 14.1. The summed E-state index contributed by atoms with van der Waals surface area (Å²) in [5, 5.41) is 11.2. The molecule has 0 bridgehead atoms. The van der Waals surface area contributed by atoms with E-state index in [9.17, 15) is 0 Å². The third-order valence-corrected chi connectivity index (χ3v) is 4.29. The van der Waals surface area contributed by atoms with Crippen LogP contribution in [0.2, 0.25) is 0 Å².